The molecule has 2 aliphatic rings. The average molecular weight is 661 g/mol. The van der Waals surface area contributed by atoms with E-state index in [0.717, 1.165) is 75.3 Å². The number of allylic oxidation sites excluding steroid dienone is 3. The van der Waals surface area contributed by atoms with Crippen molar-refractivity contribution in [3.63, 3.8) is 0 Å². The highest BCUT2D eigenvalue weighted by Crippen LogP contribution is 2.52. The summed E-state index contributed by atoms with van der Waals surface area (Å²) in [7, 11) is -4.53. The maximum Gasteiger partial charge on any atom is 0.473 e. The zero-order valence-electron chi connectivity index (χ0n) is 29.1. The first-order valence-corrected chi connectivity index (χ1v) is 19.6. The molecule has 1 unspecified atom stereocenters. The number of esters is 1. The lowest BCUT2D eigenvalue weighted by Gasteiger charge is -2.36. The highest BCUT2D eigenvalue weighted by Gasteiger charge is 2.48. The number of hydrogen-bond acceptors (Lipinski definition) is 6. The van der Waals surface area contributed by atoms with E-state index in [4.69, 9.17) is 13.8 Å². The fraction of sp³-hybridized carbons (Fsp3) is 0.711. The highest BCUT2D eigenvalue weighted by atomic mass is 31.2. The third-order valence-electron chi connectivity index (χ3n) is 9.74. The molecule has 7 nitrogen and oxygen atoms in total. The summed E-state index contributed by atoms with van der Waals surface area (Å²) in [5.41, 5.74) is 2.08. The largest absolute Gasteiger partial charge is 0.507 e. The summed E-state index contributed by atoms with van der Waals surface area (Å²) in [6.45, 7) is 12.8. The fourth-order valence-corrected chi connectivity index (χ4v) is 8.14. The van der Waals surface area contributed by atoms with Crippen molar-refractivity contribution >= 4 is 13.8 Å². The number of benzene rings is 1. The molecule has 0 spiro atoms. The van der Waals surface area contributed by atoms with Gasteiger partial charge in [-0.2, -0.15) is 0 Å². The molecule has 3 atom stereocenters. The van der Waals surface area contributed by atoms with Gasteiger partial charge in [0.1, 0.15) is 11.5 Å². The first kappa shape index (κ1) is 38.5. The topological polar surface area (TPSA) is 102 Å². The number of carbonyl (C=O) groups is 1. The first-order chi connectivity index (χ1) is 22.0. The molecular formula is C38H61O7P. The van der Waals surface area contributed by atoms with Crippen LogP contribution in [0.3, 0.4) is 0 Å². The Kier molecular flexibility index (Phi) is 16.1. The van der Waals surface area contributed by atoms with Gasteiger partial charge in [0.25, 0.3) is 0 Å². The number of ether oxygens (including phenoxy) is 1. The molecule has 0 heterocycles. The second-order valence-corrected chi connectivity index (χ2v) is 15.2. The van der Waals surface area contributed by atoms with Crippen LogP contribution in [0.25, 0.3) is 0 Å². The average Bonchev–Trinajstić information content (AvgIpc) is 3.00. The molecule has 1 saturated carbocycles. The van der Waals surface area contributed by atoms with Gasteiger partial charge in [-0.1, -0.05) is 102 Å². The third kappa shape index (κ3) is 11.6. The van der Waals surface area contributed by atoms with Crippen LogP contribution in [-0.4, -0.2) is 28.2 Å². The van der Waals surface area contributed by atoms with Crippen LogP contribution >= 0.6 is 7.82 Å². The van der Waals surface area contributed by atoms with Crippen LogP contribution in [0.4, 0.5) is 0 Å². The number of phosphoric acid groups is 1. The molecule has 0 radical (unpaired) electrons. The fourth-order valence-electron chi connectivity index (χ4n) is 7.03. The van der Waals surface area contributed by atoms with E-state index in [1.807, 2.05) is 13.0 Å². The summed E-state index contributed by atoms with van der Waals surface area (Å²) in [5.74, 6) is -0.438. The number of phosphoric ester groups is 1. The number of unbranched alkanes of at least 4 members (excludes halogenated alkanes) is 9. The predicted octanol–water partition coefficient (Wildman–Crippen LogP) is 11.0. The molecule has 0 amide bonds. The molecule has 0 aliphatic heterocycles. The highest BCUT2D eigenvalue weighted by molar-refractivity contribution is 7.47. The molecule has 0 aromatic heterocycles. The van der Waals surface area contributed by atoms with Gasteiger partial charge in [0.15, 0.2) is 5.60 Å². The standard InChI is InChI=1S/C38H61O7P/c1-6-8-10-11-12-13-14-19-25-43-46(41,42)45-38(23-17-15-18-24-38)37(40)44-35-28-31(20-16-9-7-2)27-34(39)36(35)33-26-30(5)21-22-32(33)29(3)4/h26-28,32-33,39H,3,6-25H2,1-2,4-5H3,(H,41,42)/t32-,33+/m0/s1. The summed E-state index contributed by atoms with van der Waals surface area (Å²) >= 11 is 0. The summed E-state index contributed by atoms with van der Waals surface area (Å²) < 4.78 is 30.6. The molecule has 1 aromatic carbocycles. The van der Waals surface area contributed by atoms with Crippen LogP contribution in [0, 0.1) is 5.92 Å². The van der Waals surface area contributed by atoms with Gasteiger partial charge >= 0.3 is 13.8 Å². The molecule has 3 rings (SSSR count). The Morgan fingerprint density at radius 2 is 1.61 bits per heavy atom. The molecule has 46 heavy (non-hydrogen) atoms. The smallest absolute Gasteiger partial charge is 0.473 e. The van der Waals surface area contributed by atoms with E-state index < -0.39 is 19.4 Å². The van der Waals surface area contributed by atoms with Gasteiger partial charge in [-0.25, -0.2) is 9.36 Å². The number of hydrogen-bond donors (Lipinski definition) is 2. The van der Waals surface area contributed by atoms with E-state index in [1.165, 1.54) is 31.3 Å². The molecule has 2 aliphatic carbocycles. The molecule has 0 saturated heterocycles. The SMILES string of the molecule is C=C(C)[C@@H]1CCC(C)=C[C@H]1c1c(O)cc(CCCCC)cc1OC(=O)C1(OP(=O)(O)OCCCCCCCCCC)CCCCC1. The zero-order valence-corrected chi connectivity index (χ0v) is 30.0. The number of phenolic OH excluding ortho intramolecular Hbond substituents is 1. The van der Waals surface area contributed by atoms with Crippen LogP contribution in [0.15, 0.2) is 35.9 Å². The maximum absolute atomic E-state index is 14.1. The zero-order chi connectivity index (χ0) is 33.6. The van der Waals surface area contributed by atoms with Crippen molar-refractivity contribution in [1.29, 1.82) is 0 Å². The van der Waals surface area contributed by atoms with Crippen LogP contribution in [0.1, 0.15) is 160 Å². The Bertz CT molecular complexity index is 1200. The number of carbonyl (C=O) groups excluding carboxylic acids is 1. The molecule has 1 fully saturated rings. The quantitative estimate of drug-likeness (QED) is 0.0472. The molecule has 260 valence electrons. The van der Waals surface area contributed by atoms with Gasteiger partial charge in [0.2, 0.25) is 0 Å². The molecule has 8 heteroatoms. The number of rotatable bonds is 20. The summed E-state index contributed by atoms with van der Waals surface area (Å²) in [6.07, 6.45) is 19.3. The molecule has 1 aromatic rings. The predicted molar refractivity (Wildman–Crippen MR) is 186 cm³/mol. The van der Waals surface area contributed by atoms with Crippen molar-refractivity contribution in [1.82, 2.24) is 0 Å². The summed E-state index contributed by atoms with van der Waals surface area (Å²) in [4.78, 5) is 24.9. The van der Waals surface area contributed by atoms with Crippen LogP contribution < -0.4 is 4.74 Å². The number of aromatic hydroxyl groups is 1. The van der Waals surface area contributed by atoms with E-state index in [-0.39, 0.29) is 37.0 Å². The first-order valence-electron chi connectivity index (χ1n) is 18.1. The molecular weight excluding hydrogens is 599 g/mol. The van der Waals surface area contributed by atoms with E-state index >= 15 is 0 Å². The Morgan fingerprint density at radius 1 is 0.978 bits per heavy atom. The Balaban J connectivity index is 1.82. The summed E-state index contributed by atoms with van der Waals surface area (Å²) in [6, 6.07) is 3.66. The minimum absolute atomic E-state index is 0.0836. The van der Waals surface area contributed by atoms with Gasteiger partial charge in [0.05, 0.1) is 6.61 Å². The second-order valence-electron chi connectivity index (χ2n) is 13.8. The van der Waals surface area contributed by atoms with Crippen LogP contribution in [0.2, 0.25) is 0 Å². The Hall–Kier alpha value is -1.92. The molecule has 0 bridgehead atoms. The van der Waals surface area contributed by atoms with Crippen molar-refractivity contribution in [3.05, 3.63) is 47.1 Å². The summed E-state index contributed by atoms with van der Waals surface area (Å²) in [5, 5.41) is 11.5. The van der Waals surface area contributed by atoms with Gasteiger partial charge in [0, 0.05) is 11.5 Å². The van der Waals surface area contributed by atoms with Gasteiger partial charge in [-0.15, -0.1) is 0 Å². The van der Waals surface area contributed by atoms with Gasteiger partial charge in [-0.3, -0.25) is 9.05 Å². The van der Waals surface area contributed by atoms with E-state index in [2.05, 4.69) is 33.4 Å². The monoisotopic (exact) mass is 660 g/mol. The lowest BCUT2D eigenvalue weighted by Crippen LogP contribution is -2.45. The number of aryl methyl sites for hydroxylation is 1. The van der Waals surface area contributed by atoms with Crippen molar-refractivity contribution in [2.45, 2.75) is 161 Å². The van der Waals surface area contributed by atoms with Crippen molar-refractivity contribution in [2.24, 2.45) is 5.92 Å². The lowest BCUT2D eigenvalue weighted by atomic mass is 9.73. The van der Waals surface area contributed by atoms with Crippen molar-refractivity contribution in [2.75, 3.05) is 6.61 Å². The minimum Gasteiger partial charge on any atom is -0.507 e. The van der Waals surface area contributed by atoms with Crippen LogP contribution in [0.5, 0.6) is 11.5 Å². The van der Waals surface area contributed by atoms with Crippen molar-refractivity contribution in [3.8, 4) is 11.5 Å². The van der Waals surface area contributed by atoms with E-state index in [0.29, 0.717) is 30.6 Å². The Labute approximate surface area is 278 Å². The Morgan fingerprint density at radius 3 is 2.26 bits per heavy atom. The van der Waals surface area contributed by atoms with Gasteiger partial charge < -0.3 is 14.7 Å². The lowest BCUT2D eigenvalue weighted by molar-refractivity contribution is -0.157. The normalized spacial score (nSPS) is 20.9. The van der Waals surface area contributed by atoms with E-state index in [9.17, 15) is 19.4 Å². The van der Waals surface area contributed by atoms with Crippen LogP contribution in [-0.2, 0) is 24.8 Å². The minimum atomic E-state index is -4.53. The molecule has 2 N–H and O–H groups in total. The van der Waals surface area contributed by atoms with E-state index in [1.54, 1.807) is 6.07 Å². The van der Waals surface area contributed by atoms with Crippen molar-refractivity contribution < 1.29 is 33.1 Å². The maximum atomic E-state index is 14.1. The second kappa shape index (κ2) is 19.2. The number of phenols is 1. The van der Waals surface area contributed by atoms with Gasteiger partial charge in [-0.05, 0) is 95.2 Å². The third-order valence-corrected chi connectivity index (χ3v) is 10.8.